The summed E-state index contributed by atoms with van der Waals surface area (Å²) in [7, 11) is 0. The van der Waals surface area contributed by atoms with Gasteiger partial charge in [-0.2, -0.15) is 0 Å². The van der Waals surface area contributed by atoms with E-state index >= 15 is 0 Å². The number of carbonyl (C=O) groups excluding carboxylic acids is 2. The topological polar surface area (TPSA) is 87.7 Å². The maximum absolute atomic E-state index is 12.5. The molecule has 0 spiro atoms. The number of rotatable bonds is 7. The van der Waals surface area contributed by atoms with E-state index in [1.54, 1.807) is 18.2 Å². The molecule has 4 rings (SSSR count). The Kier molecular flexibility index (Phi) is 4.96. The number of aromatic nitrogens is 1. The van der Waals surface area contributed by atoms with Gasteiger partial charge in [-0.3, -0.25) is 4.79 Å². The van der Waals surface area contributed by atoms with Crippen LogP contribution in [0.3, 0.4) is 0 Å². The molecule has 0 aliphatic heterocycles. The van der Waals surface area contributed by atoms with E-state index < -0.39 is 11.6 Å². The minimum atomic E-state index is -0.649. The number of ether oxygens (including phenoxy) is 2. The molecule has 1 aliphatic rings. The number of hydrogen-bond donors (Lipinski definition) is 0. The molecule has 29 heavy (non-hydrogen) atoms. The van der Waals surface area contributed by atoms with Crippen molar-refractivity contribution in [2.75, 3.05) is 13.2 Å². The Hall–Kier alpha value is -3.35. The average Bonchev–Trinajstić information content (AvgIpc) is 3.48. The number of fused-ring (bicyclic) bond motifs is 1. The predicted octanol–water partition coefficient (Wildman–Crippen LogP) is 3.35. The first-order valence-electron chi connectivity index (χ1n) is 9.46. The molecule has 0 N–H and O–H groups in total. The largest absolute Gasteiger partial charge is 0.482 e. The Bertz CT molecular complexity index is 1150. The van der Waals surface area contributed by atoms with E-state index in [1.165, 1.54) is 12.1 Å². The molecule has 0 amide bonds. The highest BCUT2D eigenvalue weighted by atomic mass is 16.6. The van der Waals surface area contributed by atoms with Crippen LogP contribution in [-0.2, 0) is 9.53 Å². The fraction of sp³-hybridized carbons (Fsp3) is 0.318. The zero-order valence-corrected chi connectivity index (χ0v) is 16.3. The van der Waals surface area contributed by atoms with Crippen LogP contribution in [0, 0.1) is 13.8 Å². The normalized spacial score (nSPS) is 13.4. The smallest absolute Gasteiger partial charge is 0.344 e. The zero-order chi connectivity index (χ0) is 20.5. The van der Waals surface area contributed by atoms with Crippen LogP contribution < -0.4 is 10.4 Å². The van der Waals surface area contributed by atoms with E-state index in [4.69, 9.17) is 13.9 Å². The molecule has 0 radical (unpaired) electrons. The summed E-state index contributed by atoms with van der Waals surface area (Å²) in [5.41, 5.74) is 2.46. The predicted molar refractivity (Wildman–Crippen MR) is 105 cm³/mol. The van der Waals surface area contributed by atoms with Gasteiger partial charge >= 0.3 is 11.6 Å². The van der Waals surface area contributed by atoms with Crippen LogP contribution in [0.15, 0.2) is 45.6 Å². The number of ketones is 1. The molecule has 0 atom stereocenters. The monoisotopic (exact) mass is 395 g/mol. The average molecular weight is 395 g/mol. The summed E-state index contributed by atoms with van der Waals surface area (Å²) in [6.45, 7) is 3.22. The Balaban J connectivity index is 1.33. The van der Waals surface area contributed by atoms with Gasteiger partial charge in [-0.25, -0.2) is 9.59 Å². The van der Waals surface area contributed by atoms with Crippen LogP contribution in [0.4, 0.5) is 0 Å². The molecular weight excluding hydrogens is 374 g/mol. The van der Waals surface area contributed by atoms with Gasteiger partial charge < -0.3 is 18.5 Å². The van der Waals surface area contributed by atoms with Gasteiger partial charge in [0.25, 0.3) is 0 Å². The van der Waals surface area contributed by atoms with Crippen LogP contribution >= 0.6 is 0 Å². The van der Waals surface area contributed by atoms with E-state index in [9.17, 15) is 14.4 Å². The first kappa shape index (κ1) is 19.0. The second kappa shape index (κ2) is 7.58. The lowest BCUT2D eigenvalue weighted by Gasteiger charge is -2.08. The van der Waals surface area contributed by atoms with Crippen LogP contribution in [0.5, 0.6) is 5.75 Å². The molecule has 2 aromatic heterocycles. The van der Waals surface area contributed by atoms with Crippen molar-refractivity contribution in [3.8, 4) is 5.75 Å². The van der Waals surface area contributed by atoms with Gasteiger partial charge in [0, 0.05) is 40.5 Å². The van der Waals surface area contributed by atoms with Crippen molar-refractivity contribution >= 4 is 22.7 Å². The Labute approximate surface area is 166 Å². The van der Waals surface area contributed by atoms with Gasteiger partial charge in [0.15, 0.2) is 13.2 Å². The van der Waals surface area contributed by atoms with Crippen molar-refractivity contribution in [3.05, 3.63) is 63.8 Å². The SMILES string of the molecule is Cc1cc(C(=O)COC(=O)COc2ccc3ccc(=O)oc3c2)c(C)n1C1CC1. The van der Waals surface area contributed by atoms with Gasteiger partial charge in [-0.05, 0) is 51.0 Å². The maximum Gasteiger partial charge on any atom is 0.344 e. The number of hydrogen-bond acceptors (Lipinski definition) is 6. The van der Waals surface area contributed by atoms with Gasteiger partial charge in [-0.1, -0.05) is 0 Å². The molecule has 0 unspecified atom stereocenters. The van der Waals surface area contributed by atoms with Crippen molar-refractivity contribution in [3.63, 3.8) is 0 Å². The molecule has 1 fully saturated rings. The van der Waals surface area contributed by atoms with Crippen molar-refractivity contribution < 1.29 is 23.5 Å². The van der Waals surface area contributed by atoms with E-state index in [1.807, 2.05) is 19.9 Å². The fourth-order valence-electron chi connectivity index (χ4n) is 3.49. The summed E-state index contributed by atoms with van der Waals surface area (Å²) in [6, 6.07) is 10.2. The van der Waals surface area contributed by atoms with Crippen molar-refractivity contribution in [2.45, 2.75) is 32.7 Å². The number of Topliss-reactive ketones (excluding diaryl/α,β-unsaturated/α-hetero) is 1. The fourth-order valence-corrected chi connectivity index (χ4v) is 3.49. The molecular formula is C22H21NO6. The minimum Gasteiger partial charge on any atom is -0.482 e. The molecule has 1 aromatic carbocycles. The second-order valence-electron chi connectivity index (χ2n) is 7.21. The van der Waals surface area contributed by atoms with Gasteiger partial charge in [-0.15, -0.1) is 0 Å². The third-order valence-electron chi connectivity index (χ3n) is 5.01. The van der Waals surface area contributed by atoms with Gasteiger partial charge in [0.2, 0.25) is 5.78 Å². The first-order valence-corrected chi connectivity index (χ1v) is 9.46. The highest BCUT2D eigenvalue weighted by molar-refractivity contribution is 5.99. The third-order valence-corrected chi connectivity index (χ3v) is 5.01. The molecule has 3 aromatic rings. The van der Waals surface area contributed by atoms with Crippen molar-refractivity contribution in [1.29, 1.82) is 0 Å². The van der Waals surface area contributed by atoms with Crippen molar-refractivity contribution in [2.24, 2.45) is 0 Å². The summed E-state index contributed by atoms with van der Waals surface area (Å²) >= 11 is 0. The second-order valence-corrected chi connectivity index (χ2v) is 7.21. The number of carbonyl (C=O) groups is 2. The van der Waals surface area contributed by atoms with Crippen LogP contribution in [0.2, 0.25) is 0 Å². The Morgan fingerprint density at radius 1 is 1.10 bits per heavy atom. The van der Waals surface area contributed by atoms with Gasteiger partial charge in [0.1, 0.15) is 11.3 Å². The number of esters is 1. The Morgan fingerprint density at radius 2 is 1.86 bits per heavy atom. The van der Waals surface area contributed by atoms with Crippen molar-refractivity contribution in [1.82, 2.24) is 4.57 Å². The van der Waals surface area contributed by atoms with Crippen LogP contribution in [-0.4, -0.2) is 29.5 Å². The summed E-state index contributed by atoms with van der Waals surface area (Å²) < 4.78 is 17.7. The minimum absolute atomic E-state index is 0.231. The van der Waals surface area contributed by atoms with E-state index in [0.717, 1.165) is 29.6 Å². The van der Waals surface area contributed by atoms with E-state index in [2.05, 4.69) is 4.57 Å². The molecule has 7 nitrogen and oxygen atoms in total. The van der Waals surface area contributed by atoms with Gasteiger partial charge in [0.05, 0.1) is 0 Å². The highest BCUT2D eigenvalue weighted by Gasteiger charge is 2.28. The molecule has 7 heteroatoms. The van der Waals surface area contributed by atoms with E-state index in [-0.39, 0.29) is 19.0 Å². The number of benzene rings is 1. The zero-order valence-electron chi connectivity index (χ0n) is 16.3. The standard InChI is InChI=1S/C22H21NO6/c1-13-9-18(14(2)23(13)16-5-6-16)19(24)11-28-22(26)12-27-17-7-3-15-4-8-21(25)29-20(15)10-17/h3-4,7-10,16H,5-6,11-12H2,1-2H3. The quantitative estimate of drug-likeness (QED) is 0.346. The highest BCUT2D eigenvalue weighted by Crippen LogP contribution is 2.38. The summed E-state index contributed by atoms with van der Waals surface area (Å²) in [6.07, 6.45) is 2.27. The summed E-state index contributed by atoms with van der Waals surface area (Å²) in [5.74, 6) is -0.516. The summed E-state index contributed by atoms with van der Waals surface area (Å²) in [5, 5.41) is 0.744. The van der Waals surface area contributed by atoms with E-state index in [0.29, 0.717) is 22.9 Å². The number of nitrogens with zero attached hydrogens (tertiary/aromatic N) is 1. The van der Waals surface area contributed by atoms with Crippen LogP contribution in [0.25, 0.3) is 11.0 Å². The molecule has 150 valence electrons. The molecule has 1 saturated carbocycles. The third kappa shape index (κ3) is 4.08. The molecule has 0 bridgehead atoms. The lowest BCUT2D eigenvalue weighted by molar-refractivity contribution is -0.144. The lowest BCUT2D eigenvalue weighted by Crippen LogP contribution is -2.19. The number of aryl methyl sites for hydroxylation is 1. The first-order chi connectivity index (χ1) is 13.9. The maximum atomic E-state index is 12.5. The Morgan fingerprint density at radius 3 is 2.62 bits per heavy atom. The molecule has 0 saturated heterocycles. The lowest BCUT2D eigenvalue weighted by atomic mass is 10.1. The summed E-state index contributed by atoms with van der Waals surface area (Å²) in [4.78, 5) is 35.7. The molecule has 1 aliphatic carbocycles. The molecule has 2 heterocycles. The van der Waals surface area contributed by atoms with Crippen LogP contribution in [0.1, 0.15) is 40.6 Å².